The van der Waals surface area contributed by atoms with Crippen LogP contribution in [0.15, 0.2) is 77.9 Å². The average molecular weight is 540 g/mol. The second-order valence-corrected chi connectivity index (χ2v) is 8.90. The molecular weight excluding hydrogens is 514 g/mol. The molecule has 0 aliphatic rings. The Kier molecular flexibility index (Phi) is 7.27. The first-order chi connectivity index (χ1) is 19.4. The van der Waals surface area contributed by atoms with E-state index in [0.717, 1.165) is 16.6 Å². The van der Waals surface area contributed by atoms with Crippen molar-refractivity contribution in [2.24, 2.45) is 5.10 Å². The Morgan fingerprint density at radius 2 is 1.77 bits per heavy atom. The lowest BCUT2D eigenvalue weighted by Crippen LogP contribution is -2.24. The highest BCUT2D eigenvalue weighted by Crippen LogP contribution is 2.35. The quantitative estimate of drug-likeness (QED) is 0.159. The maximum atomic E-state index is 12.9. The maximum Gasteiger partial charge on any atom is 0.278 e. The molecule has 40 heavy (non-hydrogen) atoms. The molecular formula is C29H25N5O6. The number of para-hydroxylation sites is 2. The Labute approximate surface area is 228 Å². The van der Waals surface area contributed by atoms with E-state index < -0.39 is 10.8 Å². The molecule has 5 aromatic rings. The first-order valence-corrected chi connectivity index (χ1v) is 12.3. The number of hydrazone groups is 1. The van der Waals surface area contributed by atoms with Crippen LogP contribution in [0.1, 0.15) is 17.0 Å². The summed E-state index contributed by atoms with van der Waals surface area (Å²) in [5.74, 6) is 1.25. The summed E-state index contributed by atoms with van der Waals surface area (Å²) in [6.45, 7) is -0.0790. The van der Waals surface area contributed by atoms with Crippen molar-refractivity contribution in [3.05, 3.63) is 99.9 Å². The van der Waals surface area contributed by atoms with Crippen molar-refractivity contribution >= 4 is 39.6 Å². The van der Waals surface area contributed by atoms with Gasteiger partial charge in [0.25, 0.3) is 11.6 Å². The number of hydrogen-bond donors (Lipinski definition) is 2. The van der Waals surface area contributed by atoms with Gasteiger partial charge in [-0.1, -0.05) is 36.4 Å². The van der Waals surface area contributed by atoms with Gasteiger partial charge in [-0.05, 0) is 35.9 Å². The number of methoxy groups -OCH3 is 2. The van der Waals surface area contributed by atoms with E-state index in [-0.39, 0.29) is 23.5 Å². The fraction of sp³-hybridized carbons (Fsp3) is 0.138. The minimum atomic E-state index is -0.526. The maximum absolute atomic E-state index is 12.9. The van der Waals surface area contributed by atoms with E-state index in [1.54, 1.807) is 43.1 Å². The molecule has 2 N–H and O–H groups in total. The molecule has 0 unspecified atom stereocenters. The summed E-state index contributed by atoms with van der Waals surface area (Å²) in [5, 5.41) is 26.8. The smallest absolute Gasteiger partial charge is 0.278 e. The Morgan fingerprint density at radius 3 is 2.52 bits per heavy atom. The molecule has 0 saturated heterocycles. The van der Waals surface area contributed by atoms with Crippen LogP contribution in [0.5, 0.6) is 17.2 Å². The van der Waals surface area contributed by atoms with Gasteiger partial charge in [0.2, 0.25) is 0 Å². The summed E-state index contributed by atoms with van der Waals surface area (Å²) in [5.41, 5.74) is 4.81. The van der Waals surface area contributed by atoms with Crippen LogP contribution in [0.4, 0.5) is 5.69 Å². The molecule has 1 amide bonds. The van der Waals surface area contributed by atoms with Gasteiger partial charge in [-0.2, -0.15) is 5.10 Å². The van der Waals surface area contributed by atoms with Crippen LogP contribution >= 0.6 is 0 Å². The van der Waals surface area contributed by atoms with Crippen molar-refractivity contribution in [3.63, 3.8) is 0 Å². The van der Waals surface area contributed by atoms with Crippen LogP contribution in [0.3, 0.4) is 0 Å². The number of nitro benzene ring substituents is 1. The zero-order valence-electron chi connectivity index (χ0n) is 21.7. The van der Waals surface area contributed by atoms with Crippen molar-refractivity contribution in [1.29, 1.82) is 0 Å². The summed E-state index contributed by atoms with van der Waals surface area (Å²) in [7, 11) is 3.14. The predicted octanol–water partition coefficient (Wildman–Crippen LogP) is 4.56. The molecule has 11 nitrogen and oxygen atoms in total. The lowest BCUT2D eigenvalue weighted by molar-refractivity contribution is -0.383. The highest BCUT2D eigenvalue weighted by Gasteiger charge is 2.18. The third-order valence-corrected chi connectivity index (χ3v) is 6.46. The number of fused-ring (bicyclic) bond motifs is 2. The summed E-state index contributed by atoms with van der Waals surface area (Å²) >= 11 is 0. The van der Waals surface area contributed by atoms with E-state index in [9.17, 15) is 20.0 Å². The third kappa shape index (κ3) is 5.12. The van der Waals surface area contributed by atoms with Gasteiger partial charge < -0.3 is 19.1 Å². The number of nitrogens with zero attached hydrogens (tertiary/aromatic N) is 4. The number of hydrogen-bond acceptors (Lipinski definition) is 8. The molecule has 4 aromatic carbocycles. The van der Waals surface area contributed by atoms with Gasteiger partial charge >= 0.3 is 0 Å². The van der Waals surface area contributed by atoms with Crippen molar-refractivity contribution in [3.8, 4) is 17.2 Å². The van der Waals surface area contributed by atoms with Crippen LogP contribution < -0.4 is 14.9 Å². The molecule has 0 spiro atoms. The largest absolute Gasteiger partial charge is 0.507 e. The zero-order valence-corrected chi connectivity index (χ0v) is 21.7. The molecule has 0 aliphatic heterocycles. The fourth-order valence-electron chi connectivity index (χ4n) is 4.57. The molecule has 1 heterocycles. The summed E-state index contributed by atoms with van der Waals surface area (Å²) in [4.78, 5) is 28.7. The van der Waals surface area contributed by atoms with E-state index >= 15 is 0 Å². The Morgan fingerprint density at radius 1 is 1.05 bits per heavy atom. The molecule has 5 rings (SSSR count). The van der Waals surface area contributed by atoms with Crippen molar-refractivity contribution in [2.45, 2.75) is 13.0 Å². The SMILES string of the molecule is COc1ccc(Cc2nc3ccccc3n2CC(=O)N/N=C\c2cc([N+](=O)[O-])c3ccccc3c2O)cc1OC. The van der Waals surface area contributed by atoms with E-state index in [1.807, 2.05) is 42.5 Å². The lowest BCUT2D eigenvalue weighted by Gasteiger charge is -2.11. The van der Waals surface area contributed by atoms with Crippen LogP contribution in [0.25, 0.3) is 21.8 Å². The average Bonchev–Trinajstić information content (AvgIpc) is 3.30. The van der Waals surface area contributed by atoms with Gasteiger partial charge in [-0.15, -0.1) is 0 Å². The van der Waals surface area contributed by atoms with Gasteiger partial charge in [-0.25, -0.2) is 10.4 Å². The number of benzene rings is 4. The highest BCUT2D eigenvalue weighted by molar-refractivity contribution is 6.02. The summed E-state index contributed by atoms with van der Waals surface area (Å²) in [6, 6.07) is 20.8. The Balaban J connectivity index is 1.39. The fourth-order valence-corrected chi connectivity index (χ4v) is 4.57. The first-order valence-electron chi connectivity index (χ1n) is 12.3. The van der Waals surface area contributed by atoms with Gasteiger partial charge in [0.15, 0.2) is 11.5 Å². The monoisotopic (exact) mass is 539 g/mol. The molecule has 11 heteroatoms. The van der Waals surface area contributed by atoms with Crippen LogP contribution in [0.2, 0.25) is 0 Å². The number of imidazole rings is 1. The van der Waals surface area contributed by atoms with Crippen molar-refractivity contribution in [2.75, 3.05) is 14.2 Å². The van der Waals surface area contributed by atoms with Crippen molar-refractivity contribution in [1.82, 2.24) is 15.0 Å². The number of amides is 1. The van der Waals surface area contributed by atoms with E-state index in [2.05, 4.69) is 10.5 Å². The number of carbonyl (C=O) groups excluding carboxylic acids is 1. The van der Waals surface area contributed by atoms with E-state index in [1.165, 1.54) is 12.3 Å². The molecule has 0 aliphatic carbocycles. The molecule has 0 atom stereocenters. The molecule has 0 saturated carbocycles. The Hall–Kier alpha value is -5.45. The van der Waals surface area contributed by atoms with E-state index in [0.29, 0.717) is 34.5 Å². The van der Waals surface area contributed by atoms with Crippen LogP contribution in [-0.2, 0) is 17.8 Å². The molecule has 0 radical (unpaired) electrons. The third-order valence-electron chi connectivity index (χ3n) is 6.46. The lowest BCUT2D eigenvalue weighted by atomic mass is 10.0. The van der Waals surface area contributed by atoms with Gasteiger partial charge in [0.05, 0.1) is 41.8 Å². The highest BCUT2D eigenvalue weighted by atomic mass is 16.6. The Bertz CT molecular complexity index is 1780. The number of non-ortho nitro benzene ring substituents is 1. The number of rotatable bonds is 9. The number of nitrogens with one attached hydrogen (secondary N) is 1. The van der Waals surface area contributed by atoms with Gasteiger partial charge in [-0.3, -0.25) is 14.9 Å². The standard InChI is InChI=1S/C29H25N5O6/c1-39-25-12-11-18(13-26(25)40-2)14-27-31-22-9-5-6-10-23(22)33(27)17-28(35)32-30-16-19-15-24(34(37)38)20-7-3-4-8-21(20)29(19)36/h3-13,15-16,36H,14,17H2,1-2H3,(H,32,35)/b30-16-. The number of aromatic nitrogens is 2. The van der Waals surface area contributed by atoms with Gasteiger partial charge in [0.1, 0.15) is 18.1 Å². The first kappa shape index (κ1) is 26.2. The number of phenolic OH excluding ortho intramolecular Hbond substituents is 1. The minimum absolute atomic E-state index is 0.0790. The number of nitro groups is 1. The summed E-state index contributed by atoms with van der Waals surface area (Å²) < 4.78 is 12.5. The summed E-state index contributed by atoms with van der Waals surface area (Å²) in [6.07, 6.45) is 1.61. The van der Waals surface area contributed by atoms with Crippen LogP contribution in [-0.4, -0.2) is 45.9 Å². The van der Waals surface area contributed by atoms with E-state index in [4.69, 9.17) is 14.5 Å². The zero-order chi connectivity index (χ0) is 28.2. The molecule has 1 aromatic heterocycles. The number of carbonyl (C=O) groups is 1. The number of aromatic hydroxyl groups is 1. The molecule has 202 valence electrons. The second-order valence-electron chi connectivity index (χ2n) is 8.90. The number of phenols is 1. The topological polar surface area (TPSA) is 141 Å². The minimum Gasteiger partial charge on any atom is -0.507 e. The number of ether oxygens (including phenoxy) is 2. The van der Waals surface area contributed by atoms with Crippen molar-refractivity contribution < 1.29 is 24.3 Å². The predicted molar refractivity (Wildman–Crippen MR) is 150 cm³/mol. The normalized spacial score (nSPS) is 11.2. The molecule has 0 bridgehead atoms. The van der Waals surface area contributed by atoms with Crippen LogP contribution in [0, 0.1) is 10.1 Å². The second kappa shape index (κ2) is 11.1. The van der Waals surface area contributed by atoms with Gasteiger partial charge in [0, 0.05) is 23.4 Å². The molecule has 0 fully saturated rings.